The fraction of sp³-hybridized carbons (Fsp3) is 0.704. The second-order valence-corrected chi connectivity index (χ2v) is 14.7. The molecule has 33 heavy (non-hydrogen) atoms. The molecule has 0 saturated carbocycles. The molecule has 186 valence electrons. The van der Waals surface area contributed by atoms with E-state index in [-0.39, 0.29) is 19.6 Å². The highest BCUT2D eigenvalue weighted by Crippen LogP contribution is 2.39. The lowest BCUT2D eigenvalue weighted by molar-refractivity contribution is -0.164. The predicted octanol–water partition coefficient (Wildman–Crippen LogP) is 5.81. The summed E-state index contributed by atoms with van der Waals surface area (Å²) in [7, 11) is -0.947. The molecule has 1 fully saturated rings. The van der Waals surface area contributed by atoms with Gasteiger partial charge in [-0.05, 0) is 50.7 Å². The Morgan fingerprint density at radius 3 is 1.88 bits per heavy atom. The number of carbonyl (C=O) groups excluding carboxylic acids is 2. The summed E-state index contributed by atoms with van der Waals surface area (Å²) in [5.41, 5.74) is 6.81. The quantitative estimate of drug-likeness (QED) is 0.150. The van der Waals surface area contributed by atoms with E-state index in [1.54, 1.807) is 32.0 Å². The highest BCUT2D eigenvalue weighted by atomic mass is 28.3. The summed E-state index contributed by atoms with van der Waals surface area (Å²) in [6.45, 7) is 6.07. The first kappa shape index (κ1) is 27.6. The van der Waals surface area contributed by atoms with Crippen molar-refractivity contribution in [3.05, 3.63) is 35.4 Å². The van der Waals surface area contributed by atoms with Crippen molar-refractivity contribution in [3.8, 4) is 0 Å². The van der Waals surface area contributed by atoms with Gasteiger partial charge >= 0.3 is 11.9 Å². The average Bonchev–Trinajstić information content (AvgIpc) is 3.29. The summed E-state index contributed by atoms with van der Waals surface area (Å²) < 4.78 is 10.1. The van der Waals surface area contributed by atoms with E-state index < -0.39 is 25.6 Å². The minimum absolute atomic E-state index is 0.161. The molecular weight excluding hydrogens is 430 g/mol. The van der Waals surface area contributed by atoms with Crippen molar-refractivity contribution in [1.29, 1.82) is 0 Å². The second kappa shape index (κ2) is 13.9. The largest absolute Gasteiger partial charge is 0.464 e. The van der Waals surface area contributed by atoms with Crippen LogP contribution < -0.4 is 5.73 Å². The van der Waals surface area contributed by atoms with Crippen LogP contribution in [-0.2, 0) is 31.9 Å². The molecule has 0 aromatic heterocycles. The zero-order valence-corrected chi connectivity index (χ0v) is 22.1. The summed E-state index contributed by atoms with van der Waals surface area (Å²) in [6.07, 6.45) is 10.2. The van der Waals surface area contributed by atoms with E-state index in [4.69, 9.17) is 15.2 Å². The lowest BCUT2D eigenvalue weighted by atomic mass is 9.91. The zero-order chi connectivity index (χ0) is 24.2. The normalized spacial score (nSPS) is 15.4. The Kier molecular flexibility index (Phi) is 11.6. The molecule has 0 bridgehead atoms. The van der Waals surface area contributed by atoms with Gasteiger partial charge in [0.1, 0.15) is 0 Å². The first-order valence-electron chi connectivity index (χ1n) is 13.1. The number of hydrogen-bond acceptors (Lipinski definition) is 5. The molecule has 5 nitrogen and oxygen atoms in total. The van der Waals surface area contributed by atoms with E-state index in [2.05, 4.69) is 31.2 Å². The molecule has 1 saturated heterocycles. The lowest BCUT2D eigenvalue weighted by Crippen LogP contribution is -2.57. The monoisotopic (exact) mass is 475 g/mol. The first-order valence-corrected chi connectivity index (χ1v) is 15.9. The second-order valence-electron chi connectivity index (χ2n) is 9.75. The molecule has 0 unspecified atom stereocenters. The lowest BCUT2D eigenvalue weighted by Gasteiger charge is -2.26. The molecule has 1 aromatic carbocycles. The van der Waals surface area contributed by atoms with Crippen LogP contribution in [0.4, 0.5) is 0 Å². The number of nitrogens with two attached hydrogens (primary N) is 1. The van der Waals surface area contributed by atoms with Crippen LogP contribution >= 0.6 is 0 Å². The van der Waals surface area contributed by atoms with Crippen LogP contribution in [0.15, 0.2) is 24.3 Å². The minimum Gasteiger partial charge on any atom is -0.464 e. The Labute approximate surface area is 201 Å². The van der Waals surface area contributed by atoms with Gasteiger partial charge in [-0.3, -0.25) is 0 Å². The average molecular weight is 476 g/mol. The third kappa shape index (κ3) is 8.25. The van der Waals surface area contributed by atoms with E-state index in [0.29, 0.717) is 6.42 Å². The van der Waals surface area contributed by atoms with Crippen molar-refractivity contribution in [2.45, 2.75) is 108 Å². The molecule has 0 aliphatic carbocycles. The Bertz CT molecular complexity index is 710. The van der Waals surface area contributed by atoms with Crippen molar-refractivity contribution >= 4 is 20.0 Å². The fourth-order valence-corrected chi connectivity index (χ4v) is 10.8. The summed E-state index contributed by atoms with van der Waals surface area (Å²) in [6, 6.07) is 14.7. The number of hydrogen-bond donors (Lipinski definition) is 1. The van der Waals surface area contributed by atoms with Gasteiger partial charge in [-0.1, -0.05) is 87.5 Å². The van der Waals surface area contributed by atoms with Gasteiger partial charge in [-0.15, -0.1) is 0 Å². The molecule has 6 heteroatoms. The summed E-state index contributed by atoms with van der Waals surface area (Å²) in [4.78, 5) is 24.7. The molecule has 2 rings (SSSR count). The molecule has 1 aliphatic rings. The third-order valence-electron chi connectivity index (χ3n) is 7.26. The van der Waals surface area contributed by atoms with Crippen LogP contribution in [0.3, 0.4) is 0 Å². The van der Waals surface area contributed by atoms with E-state index >= 15 is 0 Å². The molecule has 1 aliphatic heterocycles. The SMILES string of the molecule is CCCC[Si]1(CCCCc2ccc(CCC(N)(C(=O)OCC)C(=O)OCC)cc2)CCCC1. The number of esters is 2. The number of ether oxygens (including phenoxy) is 2. The van der Waals surface area contributed by atoms with Crippen molar-refractivity contribution in [3.63, 3.8) is 0 Å². The number of benzene rings is 1. The van der Waals surface area contributed by atoms with Crippen molar-refractivity contribution in [1.82, 2.24) is 0 Å². The number of aryl methyl sites for hydroxylation is 2. The van der Waals surface area contributed by atoms with Crippen molar-refractivity contribution in [2.75, 3.05) is 13.2 Å². The van der Waals surface area contributed by atoms with E-state index in [0.717, 1.165) is 12.0 Å². The standard InChI is InChI=1S/C27H45NO4Si/c1-4-7-19-33(21-10-11-22-33)20-9-8-12-23-13-15-24(16-14-23)17-18-27(28,25(29)31-5-2)26(30)32-6-3/h13-16H,4-12,17-22,28H2,1-3H3. The molecule has 0 atom stereocenters. The molecule has 1 aromatic rings. The van der Waals surface area contributed by atoms with Crippen molar-refractivity contribution in [2.24, 2.45) is 5.73 Å². The first-order chi connectivity index (χ1) is 15.9. The highest BCUT2D eigenvalue weighted by Gasteiger charge is 2.44. The van der Waals surface area contributed by atoms with Crippen LogP contribution in [0.2, 0.25) is 24.2 Å². The van der Waals surface area contributed by atoms with Crippen LogP contribution in [0.5, 0.6) is 0 Å². The van der Waals surface area contributed by atoms with Crippen LogP contribution in [-0.4, -0.2) is 38.8 Å². The summed E-state index contributed by atoms with van der Waals surface area (Å²) >= 11 is 0. The van der Waals surface area contributed by atoms with Gasteiger partial charge < -0.3 is 15.2 Å². The van der Waals surface area contributed by atoms with Gasteiger partial charge in [0.25, 0.3) is 0 Å². The maximum atomic E-state index is 12.3. The Hall–Kier alpha value is -1.66. The maximum Gasteiger partial charge on any atom is 0.337 e. The van der Waals surface area contributed by atoms with Gasteiger partial charge in [0.15, 0.2) is 0 Å². The summed E-state index contributed by atoms with van der Waals surface area (Å²) in [5, 5.41) is 0. The van der Waals surface area contributed by atoms with Gasteiger partial charge in [-0.25, -0.2) is 9.59 Å². The van der Waals surface area contributed by atoms with Gasteiger partial charge in [0, 0.05) is 0 Å². The highest BCUT2D eigenvalue weighted by molar-refractivity contribution is 6.80. The summed E-state index contributed by atoms with van der Waals surface area (Å²) in [5.74, 6) is -1.44. The van der Waals surface area contributed by atoms with Gasteiger partial charge in [-0.2, -0.15) is 0 Å². The van der Waals surface area contributed by atoms with E-state index in [9.17, 15) is 9.59 Å². The smallest absolute Gasteiger partial charge is 0.337 e. The Morgan fingerprint density at radius 1 is 0.848 bits per heavy atom. The predicted molar refractivity (Wildman–Crippen MR) is 137 cm³/mol. The van der Waals surface area contributed by atoms with Crippen LogP contribution in [0.25, 0.3) is 0 Å². The zero-order valence-electron chi connectivity index (χ0n) is 21.1. The maximum absolute atomic E-state index is 12.3. The molecule has 0 radical (unpaired) electrons. The number of rotatable bonds is 15. The number of carbonyl (C=O) groups is 2. The third-order valence-corrected chi connectivity index (χ3v) is 12.9. The van der Waals surface area contributed by atoms with Crippen molar-refractivity contribution < 1.29 is 19.1 Å². The topological polar surface area (TPSA) is 78.6 Å². The number of unbranched alkanes of at least 4 members (excludes halogenated alkanes) is 2. The molecule has 0 amide bonds. The molecule has 2 N–H and O–H groups in total. The van der Waals surface area contributed by atoms with E-state index in [1.165, 1.54) is 50.1 Å². The fourth-order valence-electron chi connectivity index (χ4n) is 5.15. The van der Waals surface area contributed by atoms with Crippen LogP contribution in [0.1, 0.15) is 76.8 Å². The van der Waals surface area contributed by atoms with Crippen LogP contribution in [0, 0.1) is 0 Å². The Morgan fingerprint density at radius 2 is 1.36 bits per heavy atom. The molecular formula is C27H45NO4Si. The molecule has 1 heterocycles. The van der Waals surface area contributed by atoms with Gasteiger partial charge in [0.2, 0.25) is 5.54 Å². The van der Waals surface area contributed by atoms with Gasteiger partial charge in [0.05, 0.1) is 21.3 Å². The Balaban J connectivity index is 1.84. The minimum atomic E-state index is -1.76. The van der Waals surface area contributed by atoms with E-state index in [1.807, 2.05) is 0 Å². The molecule has 0 spiro atoms.